The van der Waals surface area contributed by atoms with Crippen LogP contribution < -0.4 is 10.5 Å². The molecule has 2 aromatic carbocycles. The molecule has 0 aliphatic carbocycles. The minimum Gasteiger partial charge on any atom is -0.489 e. The van der Waals surface area contributed by atoms with Crippen LogP contribution in [0.3, 0.4) is 0 Å². The van der Waals surface area contributed by atoms with Gasteiger partial charge in [-0.2, -0.15) is 0 Å². The van der Waals surface area contributed by atoms with Gasteiger partial charge < -0.3 is 10.5 Å². The molecule has 4 heteroatoms. The molecule has 3 aromatic rings. The number of nitrogens with two attached hydrogens (primary N) is 1. The first kappa shape index (κ1) is 13.6. The summed E-state index contributed by atoms with van der Waals surface area (Å²) in [5, 5.41) is 8.59. The van der Waals surface area contributed by atoms with Gasteiger partial charge in [0.15, 0.2) is 0 Å². The molecule has 0 amide bonds. The molecule has 1 aromatic heterocycles. The molecule has 0 saturated carbocycles. The fourth-order valence-electron chi connectivity index (χ4n) is 2.17. The highest BCUT2D eigenvalue weighted by Crippen LogP contribution is 2.29. The third-order valence-corrected chi connectivity index (χ3v) is 4.54. The van der Waals surface area contributed by atoms with E-state index in [1.54, 1.807) is 0 Å². The number of ether oxygens (including phenoxy) is 1. The fourth-order valence-corrected chi connectivity index (χ4v) is 3.12. The zero-order chi connectivity index (χ0) is 14.8. The predicted octanol–water partition coefficient (Wildman–Crippen LogP) is 4.07. The molecule has 0 aliphatic rings. The van der Waals surface area contributed by atoms with Gasteiger partial charge in [0.25, 0.3) is 0 Å². The average molecular weight is 296 g/mol. The van der Waals surface area contributed by atoms with Crippen molar-refractivity contribution in [2.75, 3.05) is 0 Å². The number of nitrogen functional groups attached to an aromatic ring is 1. The van der Waals surface area contributed by atoms with Crippen molar-refractivity contribution in [3.8, 4) is 5.75 Å². The van der Waals surface area contributed by atoms with Crippen molar-refractivity contribution in [1.82, 2.24) is 0 Å². The molecule has 0 spiro atoms. The largest absolute Gasteiger partial charge is 0.489 e. The summed E-state index contributed by atoms with van der Waals surface area (Å²) in [7, 11) is 0. The van der Waals surface area contributed by atoms with Crippen molar-refractivity contribution in [3.05, 3.63) is 64.5 Å². The Labute approximate surface area is 127 Å². The molecule has 0 atom stereocenters. The Morgan fingerprint density at radius 3 is 2.76 bits per heavy atom. The number of benzene rings is 2. The number of nitrogens with one attached hydrogen (secondary N) is 1. The van der Waals surface area contributed by atoms with Gasteiger partial charge in [-0.15, -0.1) is 11.3 Å². The lowest BCUT2D eigenvalue weighted by Gasteiger charge is -2.08. The third kappa shape index (κ3) is 2.90. The molecule has 106 valence electrons. The molecule has 0 radical (unpaired) electrons. The monoisotopic (exact) mass is 296 g/mol. The van der Waals surface area contributed by atoms with Crippen LogP contribution in [0.5, 0.6) is 5.75 Å². The summed E-state index contributed by atoms with van der Waals surface area (Å²) in [4.78, 5) is 0.793. The Morgan fingerprint density at radius 1 is 1.19 bits per heavy atom. The van der Waals surface area contributed by atoms with Crippen molar-refractivity contribution in [1.29, 1.82) is 5.41 Å². The van der Waals surface area contributed by atoms with Crippen LogP contribution >= 0.6 is 11.3 Å². The van der Waals surface area contributed by atoms with Gasteiger partial charge in [0.05, 0.1) is 4.88 Å². The first-order valence-corrected chi connectivity index (χ1v) is 7.50. The molecule has 0 fully saturated rings. The fraction of sp³-hybridized carbons (Fsp3) is 0.118. The lowest BCUT2D eigenvalue weighted by atomic mass is 10.1. The summed E-state index contributed by atoms with van der Waals surface area (Å²) < 4.78 is 6.96. The van der Waals surface area contributed by atoms with Gasteiger partial charge in [-0.3, -0.25) is 5.41 Å². The molecule has 1 heterocycles. The Morgan fingerprint density at radius 2 is 2.00 bits per heavy atom. The summed E-state index contributed by atoms with van der Waals surface area (Å²) in [5.41, 5.74) is 7.95. The summed E-state index contributed by atoms with van der Waals surface area (Å²) in [6.07, 6.45) is 0. The van der Waals surface area contributed by atoms with E-state index in [1.807, 2.05) is 36.4 Å². The van der Waals surface area contributed by atoms with E-state index in [4.69, 9.17) is 15.9 Å². The highest BCUT2D eigenvalue weighted by atomic mass is 32.1. The number of rotatable bonds is 4. The van der Waals surface area contributed by atoms with Crippen LogP contribution in [0, 0.1) is 12.3 Å². The van der Waals surface area contributed by atoms with E-state index in [9.17, 15) is 0 Å². The van der Waals surface area contributed by atoms with Gasteiger partial charge in [-0.05, 0) is 47.7 Å². The van der Waals surface area contributed by atoms with Gasteiger partial charge in [0, 0.05) is 4.70 Å². The third-order valence-electron chi connectivity index (χ3n) is 3.41. The zero-order valence-electron chi connectivity index (χ0n) is 11.7. The van der Waals surface area contributed by atoms with Crippen LogP contribution in [0.2, 0.25) is 0 Å². The minimum absolute atomic E-state index is 0.110. The van der Waals surface area contributed by atoms with E-state index in [0.717, 1.165) is 20.7 Å². The van der Waals surface area contributed by atoms with E-state index in [2.05, 4.69) is 19.1 Å². The normalized spacial score (nSPS) is 10.7. The second-order valence-electron chi connectivity index (χ2n) is 4.94. The van der Waals surface area contributed by atoms with Gasteiger partial charge in [0.1, 0.15) is 18.2 Å². The van der Waals surface area contributed by atoms with E-state index in [-0.39, 0.29) is 5.84 Å². The van der Waals surface area contributed by atoms with Crippen LogP contribution in [0.25, 0.3) is 10.1 Å². The number of thiophene rings is 1. The minimum atomic E-state index is 0.110. The highest BCUT2D eigenvalue weighted by molar-refractivity contribution is 7.20. The molecule has 0 aliphatic heterocycles. The second kappa shape index (κ2) is 5.58. The summed E-state index contributed by atoms with van der Waals surface area (Å²) in [5.74, 6) is 0.946. The standard InChI is InChI=1S/C17H16N2OS/c1-11-4-2-3-5-13(11)10-20-14-7-6-12-8-16(17(18)19)21-15(12)9-14/h2-9H,10H2,1H3,(H3,18,19). The Hall–Kier alpha value is -2.33. The van der Waals surface area contributed by atoms with Crippen molar-refractivity contribution in [2.45, 2.75) is 13.5 Å². The van der Waals surface area contributed by atoms with Crippen LogP contribution in [-0.2, 0) is 6.61 Å². The summed E-state index contributed by atoms with van der Waals surface area (Å²) in [6.45, 7) is 2.64. The molecule has 3 nitrogen and oxygen atoms in total. The van der Waals surface area contributed by atoms with Crippen LogP contribution in [-0.4, -0.2) is 5.84 Å². The maximum atomic E-state index is 7.50. The zero-order valence-corrected chi connectivity index (χ0v) is 12.5. The molecule has 21 heavy (non-hydrogen) atoms. The van der Waals surface area contributed by atoms with Crippen LogP contribution in [0.15, 0.2) is 48.5 Å². The predicted molar refractivity (Wildman–Crippen MR) is 88.4 cm³/mol. The maximum absolute atomic E-state index is 7.50. The van der Waals surface area contributed by atoms with E-state index < -0.39 is 0 Å². The first-order valence-electron chi connectivity index (χ1n) is 6.69. The SMILES string of the molecule is Cc1ccccc1COc1ccc2cc(C(=N)N)sc2c1. The number of amidine groups is 1. The number of aryl methyl sites for hydroxylation is 1. The number of fused-ring (bicyclic) bond motifs is 1. The topological polar surface area (TPSA) is 59.1 Å². The van der Waals surface area contributed by atoms with Gasteiger partial charge in [0.2, 0.25) is 0 Å². The molecule has 0 saturated heterocycles. The van der Waals surface area contributed by atoms with E-state index >= 15 is 0 Å². The lowest BCUT2D eigenvalue weighted by Crippen LogP contribution is -2.08. The van der Waals surface area contributed by atoms with E-state index in [1.165, 1.54) is 22.5 Å². The van der Waals surface area contributed by atoms with Crippen molar-refractivity contribution in [3.63, 3.8) is 0 Å². The molecular formula is C17H16N2OS. The lowest BCUT2D eigenvalue weighted by molar-refractivity contribution is 0.306. The Bertz CT molecular complexity index is 807. The van der Waals surface area contributed by atoms with Gasteiger partial charge in [-0.1, -0.05) is 24.3 Å². The van der Waals surface area contributed by atoms with Crippen molar-refractivity contribution < 1.29 is 4.74 Å². The summed E-state index contributed by atoms with van der Waals surface area (Å²) >= 11 is 1.51. The second-order valence-corrected chi connectivity index (χ2v) is 6.02. The van der Waals surface area contributed by atoms with Crippen molar-refractivity contribution in [2.24, 2.45) is 5.73 Å². The Balaban J connectivity index is 1.81. The van der Waals surface area contributed by atoms with Gasteiger partial charge in [-0.25, -0.2) is 0 Å². The average Bonchev–Trinajstić information content (AvgIpc) is 2.90. The first-order chi connectivity index (χ1) is 10.1. The maximum Gasteiger partial charge on any atom is 0.133 e. The molecule has 3 rings (SSSR count). The molecule has 3 N–H and O–H groups in total. The highest BCUT2D eigenvalue weighted by Gasteiger charge is 2.06. The molecular weight excluding hydrogens is 280 g/mol. The molecule has 0 bridgehead atoms. The Kier molecular flexibility index (Phi) is 3.62. The summed E-state index contributed by atoms with van der Waals surface area (Å²) in [6, 6.07) is 16.1. The quantitative estimate of drug-likeness (QED) is 0.563. The van der Waals surface area contributed by atoms with Crippen molar-refractivity contribution >= 4 is 27.3 Å². The van der Waals surface area contributed by atoms with Crippen LogP contribution in [0.4, 0.5) is 0 Å². The smallest absolute Gasteiger partial charge is 0.133 e. The number of hydrogen-bond donors (Lipinski definition) is 2. The van der Waals surface area contributed by atoms with Crippen LogP contribution in [0.1, 0.15) is 16.0 Å². The molecule has 0 unspecified atom stereocenters. The van der Waals surface area contributed by atoms with Gasteiger partial charge >= 0.3 is 0 Å². The number of hydrogen-bond acceptors (Lipinski definition) is 3. The van der Waals surface area contributed by atoms with E-state index in [0.29, 0.717) is 6.61 Å².